The molecule has 0 atom stereocenters. The number of carbonyl (C=O) groups is 1. The van der Waals surface area contributed by atoms with Crippen LogP contribution in [-0.2, 0) is 13.2 Å². The van der Waals surface area contributed by atoms with Crippen molar-refractivity contribution in [1.29, 1.82) is 0 Å². The molecule has 0 saturated carbocycles. The van der Waals surface area contributed by atoms with Gasteiger partial charge in [-0.15, -0.1) is 0 Å². The molecule has 152 valence electrons. The molecular weight excluding hydrogens is 402 g/mol. The van der Waals surface area contributed by atoms with E-state index in [2.05, 4.69) is 10.4 Å². The van der Waals surface area contributed by atoms with Crippen molar-refractivity contribution in [3.63, 3.8) is 0 Å². The Labute approximate surface area is 179 Å². The normalized spacial score (nSPS) is 10.7. The summed E-state index contributed by atoms with van der Waals surface area (Å²) in [6.07, 6.45) is 1.82. The van der Waals surface area contributed by atoms with E-state index < -0.39 is 0 Å². The number of nitrogens with zero attached hydrogens (tertiary/aromatic N) is 2. The first-order valence-corrected chi connectivity index (χ1v) is 9.81. The lowest BCUT2D eigenvalue weighted by atomic mass is 10.2. The van der Waals surface area contributed by atoms with Crippen LogP contribution in [0.1, 0.15) is 27.4 Å². The van der Waals surface area contributed by atoms with E-state index in [-0.39, 0.29) is 18.3 Å². The zero-order valence-corrected chi connectivity index (χ0v) is 17.1. The molecule has 0 unspecified atom stereocenters. The van der Waals surface area contributed by atoms with Gasteiger partial charge in [-0.3, -0.25) is 9.48 Å². The number of nitrogens with one attached hydrogen (secondary N) is 1. The summed E-state index contributed by atoms with van der Waals surface area (Å²) >= 11 is 6.17. The van der Waals surface area contributed by atoms with E-state index in [1.54, 1.807) is 28.9 Å². The third-order valence-electron chi connectivity index (χ3n) is 4.48. The molecule has 4 rings (SSSR count). The second-order valence-electron chi connectivity index (χ2n) is 6.78. The predicted molar refractivity (Wildman–Crippen MR) is 115 cm³/mol. The third kappa shape index (κ3) is 4.72. The minimum Gasteiger partial charge on any atom is -0.484 e. The zero-order chi connectivity index (χ0) is 20.9. The highest BCUT2D eigenvalue weighted by molar-refractivity contribution is 6.32. The summed E-state index contributed by atoms with van der Waals surface area (Å²) in [5.74, 6) is 1.39. The summed E-state index contributed by atoms with van der Waals surface area (Å²) in [7, 11) is 0. The fourth-order valence-electron chi connectivity index (χ4n) is 2.99. The number of halogens is 1. The molecule has 1 amide bonds. The number of rotatable bonds is 7. The lowest BCUT2D eigenvalue weighted by Crippen LogP contribution is -2.12. The lowest BCUT2D eigenvalue weighted by molar-refractivity contribution is 0.0992. The molecule has 1 N–H and O–H groups in total. The number of hydrogen-bond acceptors (Lipinski definition) is 4. The van der Waals surface area contributed by atoms with Crippen LogP contribution in [0.25, 0.3) is 0 Å². The number of aryl methyl sites for hydroxylation is 1. The molecule has 30 heavy (non-hydrogen) atoms. The van der Waals surface area contributed by atoms with Crippen LogP contribution < -0.4 is 10.1 Å². The molecule has 2 heterocycles. The summed E-state index contributed by atoms with van der Waals surface area (Å²) in [5.41, 5.74) is 2.06. The average molecular weight is 422 g/mol. The minimum absolute atomic E-state index is 0.170. The fourth-order valence-corrected chi connectivity index (χ4v) is 3.26. The summed E-state index contributed by atoms with van der Waals surface area (Å²) in [6, 6.07) is 20.6. The molecule has 6 nitrogen and oxygen atoms in total. The van der Waals surface area contributed by atoms with Crippen molar-refractivity contribution in [2.24, 2.45) is 0 Å². The van der Waals surface area contributed by atoms with E-state index in [1.807, 2.05) is 55.6 Å². The van der Waals surface area contributed by atoms with Gasteiger partial charge < -0.3 is 14.5 Å². The standard InChI is InChI=1S/C23H20ClN3O3/c1-16-6-5-9-19(24)22(16)29-15-18-10-11-20(30-18)23(28)25-21-12-13-27(26-21)14-17-7-3-2-4-8-17/h2-13H,14-15H2,1H3,(H,25,26,28). The summed E-state index contributed by atoms with van der Waals surface area (Å²) in [4.78, 5) is 12.5. The van der Waals surface area contributed by atoms with Gasteiger partial charge in [0.15, 0.2) is 11.6 Å². The molecule has 0 aliphatic rings. The number of ether oxygens (including phenoxy) is 1. The second kappa shape index (κ2) is 8.88. The maximum Gasteiger partial charge on any atom is 0.292 e. The van der Waals surface area contributed by atoms with Gasteiger partial charge in [0.2, 0.25) is 0 Å². The summed E-state index contributed by atoms with van der Waals surface area (Å²) in [5, 5.41) is 7.65. The second-order valence-corrected chi connectivity index (χ2v) is 7.19. The van der Waals surface area contributed by atoms with Crippen LogP contribution in [0, 0.1) is 6.92 Å². The highest BCUT2D eigenvalue weighted by atomic mass is 35.5. The first-order valence-electron chi connectivity index (χ1n) is 9.44. The molecule has 0 aliphatic carbocycles. The van der Waals surface area contributed by atoms with Crippen molar-refractivity contribution in [1.82, 2.24) is 9.78 Å². The van der Waals surface area contributed by atoms with E-state index in [4.69, 9.17) is 20.8 Å². The Morgan fingerprint density at radius 3 is 2.73 bits per heavy atom. The number of benzene rings is 2. The number of carbonyl (C=O) groups excluding carboxylic acids is 1. The highest BCUT2D eigenvalue weighted by Crippen LogP contribution is 2.28. The van der Waals surface area contributed by atoms with Crippen LogP contribution in [0.4, 0.5) is 5.82 Å². The number of anilines is 1. The van der Waals surface area contributed by atoms with E-state index in [0.717, 1.165) is 11.1 Å². The quantitative estimate of drug-likeness (QED) is 0.438. The Bertz CT molecular complexity index is 1130. The van der Waals surface area contributed by atoms with E-state index in [9.17, 15) is 4.79 Å². The molecule has 0 radical (unpaired) electrons. The SMILES string of the molecule is Cc1cccc(Cl)c1OCc1ccc(C(=O)Nc2ccn(Cc3ccccc3)n2)o1. The maximum atomic E-state index is 12.5. The van der Waals surface area contributed by atoms with Crippen LogP contribution in [-0.4, -0.2) is 15.7 Å². The first kappa shape index (κ1) is 19.8. The third-order valence-corrected chi connectivity index (χ3v) is 4.78. The number of furan rings is 1. The predicted octanol–water partition coefficient (Wildman–Crippen LogP) is 5.32. The van der Waals surface area contributed by atoms with Gasteiger partial charge in [0, 0.05) is 12.3 Å². The molecule has 0 fully saturated rings. The number of para-hydroxylation sites is 1. The van der Waals surface area contributed by atoms with Crippen LogP contribution in [0.2, 0.25) is 5.02 Å². The van der Waals surface area contributed by atoms with Crippen LogP contribution >= 0.6 is 11.6 Å². The van der Waals surface area contributed by atoms with Crippen LogP contribution in [0.15, 0.2) is 77.3 Å². The molecule has 0 spiro atoms. The number of aromatic nitrogens is 2. The Balaban J connectivity index is 1.35. The lowest BCUT2D eigenvalue weighted by Gasteiger charge is -2.09. The van der Waals surface area contributed by atoms with E-state index >= 15 is 0 Å². The Morgan fingerprint density at radius 1 is 1.10 bits per heavy atom. The zero-order valence-electron chi connectivity index (χ0n) is 16.3. The van der Waals surface area contributed by atoms with Crippen molar-refractivity contribution < 1.29 is 13.9 Å². The molecule has 2 aromatic carbocycles. The molecular formula is C23H20ClN3O3. The van der Waals surface area contributed by atoms with Crippen molar-refractivity contribution in [3.05, 3.63) is 101 Å². The molecule has 2 aromatic heterocycles. The summed E-state index contributed by atoms with van der Waals surface area (Å²) in [6.45, 7) is 2.71. The smallest absolute Gasteiger partial charge is 0.292 e. The van der Waals surface area contributed by atoms with Crippen molar-refractivity contribution in [2.45, 2.75) is 20.1 Å². The molecule has 0 bridgehead atoms. The molecule has 0 saturated heterocycles. The van der Waals surface area contributed by atoms with Crippen molar-refractivity contribution in [3.8, 4) is 5.75 Å². The van der Waals surface area contributed by atoms with Crippen molar-refractivity contribution >= 4 is 23.3 Å². The Kier molecular flexibility index (Phi) is 5.86. The maximum absolute atomic E-state index is 12.5. The van der Waals surface area contributed by atoms with Gasteiger partial charge in [0.25, 0.3) is 5.91 Å². The van der Waals surface area contributed by atoms with Crippen LogP contribution in [0.3, 0.4) is 0 Å². The Morgan fingerprint density at radius 2 is 1.93 bits per heavy atom. The number of amides is 1. The van der Waals surface area contributed by atoms with E-state index in [0.29, 0.717) is 28.9 Å². The average Bonchev–Trinajstić information content (AvgIpc) is 3.38. The topological polar surface area (TPSA) is 69.3 Å². The van der Waals surface area contributed by atoms with E-state index in [1.165, 1.54) is 0 Å². The first-order chi connectivity index (χ1) is 14.6. The minimum atomic E-state index is -0.375. The summed E-state index contributed by atoms with van der Waals surface area (Å²) < 4.78 is 13.1. The molecule has 0 aliphatic heterocycles. The van der Waals surface area contributed by atoms with Crippen molar-refractivity contribution in [2.75, 3.05) is 5.32 Å². The monoisotopic (exact) mass is 421 g/mol. The van der Waals surface area contributed by atoms with Crippen LogP contribution in [0.5, 0.6) is 5.75 Å². The largest absolute Gasteiger partial charge is 0.484 e. The van der Waals surface area contributed by atoms with Gasteiger partial charge >= 0.3 is 0 Å². The molecule has 7 heteroatoms. The molecule has 4 aromatic rings. The van der Waals surface area contributed by atoms with Gasteiger partial charge in [-0.1, -0.05) is 54.1 Å². The van der Waals surface area contributed by atoms with Gasteiger partial charge in [0.1, 0.15) is 18.1 Å². The van der Waals surface area contributed by atoms with Gasteiger partial charge in [-0.2, -0.15) is 5.10 Å². The fraction of sp³-hybridized carbons (Fsp3) is 0.130. The van der Waals surface area contributed by atoms with Gasteiger partial charge in [0.05, 0.1) is 11.6 Å². The number of hydrogen-bond donors (Lipinski definition) is 1. The van der Waals surface area contributed by atoms with Gasteiger partial charge in [-0.25, -0.2) is 0 Å². The Hall–Kier alpha value is -3.51. The highest BCUT2D eigenvalue weighted by Gasteiger charge is 2.14. The van der Waals surface area contributed by atoms with Gasteiger partial charge in [-0.05, 0) is 36.2 Å².